The Morgan fingerprint density at radius 2 is 2.21 bits per heavy atom. The van der Waals surface area contributed by atoms with Crippen LogP contribution in [0.3, 0.4) is 0 Å². The smallest absolute Gasteiger partial charge is 0.335 e. The van der Waals surface area contributed by atoms with Crippen molar-refractivity contribution in [1.29, 1.82) is 0 Å². The van der Waals surface area contributed by atoms with Gasteiger partial charge in [-0.2, -0.15) is 0 Å². The molecular formula is C13H16N2O4. The summed E-state index contributed by atoms with van der Waals surface area (Å²) in [6, 6.07) is 3.09. The Balaban J connectivity index is 1.81. The van der Waals surface area contributed by atoms with Gasteiger partial charge in [0.2, 0.25) is 0 Å². The maximum Gasteiger partial charge on any atom is 0.335 e. The van der Waals surface area contributed by atoms with Gasteiger partial charge in [-0.25, -0.2) is 9.78 Å². The third kappa shape index (κ3) is 2.41. The van der Waals surface area contributed by atoms with Crippen LogP contribution in [-0.2, 0) is 9.47 Å². The molecule has 3 heterocycles. The predicted octanol–water partition coefficient (Wildman–Crippen LogP) is 1.12. The average molecular weight is 264 g/mol. The van der Waals surface area contributed by atoms with Gasteiger partial charge in [0.15, 0.2) is 5.79 Å². The topological polar surface area (TPSA) is 71.9 Å². The van der Waals surface area contributed by atoms with Gasteiger partial charge in [0.1, 0.15) is 5.82 Å². The van der Waals surface area contributed by atoms with Crippen molar-refractivity contribution < 1.29 is 19.4 Å². The molecule has 1 spiro atoms. The number of carbonyl (C=O) groups is 1. The number of ether oxygens (including phenoxy) is 2. The molecule has 2 fully saturated rings. The van der Waals surface area contributed by atoms with E-state index in [0.717, 1.165) is 19.4 Å². The number of piperidine rings is 1. The number of anilines is 1. The van der Waals surface area contributed by atoms with Crippen LogP contribution < -0.4 is 4.90 Å². The minimum atomic E-state index is -0.941. The highest BCUT2D eigenvalue weighted by Crippen LogP contribution is 2.32. The molecular weight excluding hydrogens is 248 g/mol. The molecule has 0 bridgehead atoms. The van der Waals surface area contributed by atoms with Crippen molar-refractivity contribution in [3.05, 3.63) is 23.9 Å². The molecule has 2 aliphatic heterocycles. The van der Waals surface area contributed by atoms with Crippen LogP contribution in [0, 0.1) is 0 Å². The lowest BCUT2D eigenvalue weighted by Gasteiger charge is -2.39. The number of aromatic nitrogens is 1. The number of rotatable bonds is 2. The molecule has 2 saturated heterocycles. The van der Waals surface area contributed by atoms with E-state index >= 15 is 0 Å². The molecule has 0 aromatic carbocycles. The first-order chi connectivity index (χ1) is 9.19. The van der Waals surface area contributed by atoms with Crippen LogP contribution in [-0.4, -0.2) is 48.2 Å². The highest BCUT2D eigenvalue weighted by Gasteiger charge is 2.41. The van der Waals surface area contributed by atoms with Gasteiger partial charge in [-0.05, 0) is 18.6 Å². The van der Waals surface area contributed by atoms with Crippen LogP contribution >= 0.6 is 0 Å². The molecule has 0 aliphatic carbocycles. The van der Waals surface area contributed by atoms with E-state index in [0.29, 0.717) is 25.6 Å². The van der Waals surface area contributed by atoms with Crippen LogP contribution in [0.4, 0.5) is 5.82 Å². The summed E-state index contributed by atoms with van der Waals surface area (Å²) in [5.74, 6) is -0.805. The molecule has 1 N–H and O–H groups in total. The maximum absolute atomic E-state index is 11.0. The fraction of sp³-hybridized carbons (Fsp3) is 0.538. The van der Waals surface area contributed by atoms with E-state index in [4.69, 9.17) is 14.6 Å². The minimum absolute atomic E-state index is 0.248. The van der Waals surface area contributed by atoms with E-state index < -0.39 is 11.8 Å². The number of nitrogens with zero attached hydrogens (tertiary/aromatic N) is 2. The fourth-order valence-electron chi connectivity index (χ4n) is 2.64. The molecule has 2 aliphatic rings. The molecule has 3 rings (SSSR count). The fourth-order valence-corrected chi connectivity index (χ4v) is 2.64. The number of hydrogen-bond acceptors (Lipinski definition) is 5. The summed E-state index contributed by atoms with van der Waals surface area (Å²) in [5.41, 5.74) is 0.248. The third-order valence-corrected chi connectivity index (χ3v) is 3.55. The van der Waals surface area contributed by atoms with Gasteiger partial charge in [0, 0.05) is 19.2 Å². The molecule has 102 valence electrons. The first kappa shape index (κ1) is 12.4. The van der Waals surface area contributed by atoms with Crippen LogP contribution in [0.5, 0.6) is 0 Å². The van der Waals surface area contributed by atoms with Gasteiger partial charge in [-0.1, -0.05) is 0 Å². The third-order valence-electron chi connectivity index (χ3n) is 3.55. The number of aromatic carboxylic acids is 1. The standard InChI is InChI=1S/C13H16N2O4/c16-12(17)10-2-4-14-11(8-10)15-5-1-3-13(9-15)18-6-7-19-13/h2,4,8H,1,3,5-7,9H2,(H,16,17). The molecule has 6 heteroatoms. The summed E-state index contributed by atoms with van der Waals surface area (Å²) < 4.78 is 11.4. The van der Waals surface area contributed by atoms with Crippen LogP contribution in [0.2, 0.25) is 0 Å². The molecule has 0 amide bonds. The average Bonchev–Trinajstić information content (AvgIpc) is 2.87. The van der Waals surface area contributed by atoms with Crippen LogP contribution in [0.25, 0.3) is 0 Å². The zero-order chi connectivity index (χ0) is 13.3. The van der Waals surface area contributed by atoms with E-state index in [1.807, 2.05) is 4.90 Å². The molecule has 1 aromatic rings. The molecule has 6 nitrogen and oxygen atoms in total. The van der Waals surface area contributed by atoms with E-state index in [1.54, 1.807) is 6.07 Å². The van der Waals surface area contributed by atoms with E-state index in [1.165, 1.54) is 12.3 Å². The monoisotopic (exact) mass is 264 g/mol. The lowest BCUT2D eigenvalue weighted by Crippen LogP contribution is -2.49. The molecule has 0 saturated carbocycles. The Bertz CT molecular complexity index is 485. The van der Waals surface area contributed by atoms with Gasteiger partial charge in [-0.15, -0.1) is 0 Å². The van der Waals surface area contributed by atoms with E-state index in [9.17, 15) is 4.79 Å². The van der Waals surface area contributed by atoms with Gasteiger partial charge in [0.25, 0.3) is 0 Å². The van der Waals surface area contributed by atoms with E-state index in [2.05, 4.69) is 4.98 Å². The quantitative estimate of drug-likeness (QED) is 0.863. The number of carboxylic acid groups (broad SMARTS) is 1. The Morgan fingerprint density at radius 1 is 1.42 bits per heavy atom. The summed E-state index contributed by atoms with van der Waals surface area (Å²) >= 11 is 0. The summed E-state index contributed by atoms with van der Waals surface area (Å²) in [5, 5.41) is 9.02. The van der Waals surface area contributed by atoms with Gasteiger partial charge in [0.05, 0.1) is 25.3 Å². The summed E-state index contributed by atoms with van der Waals surface area (Å²) in [7, 11) is 0. The first-order valence-electron chi connectivity index (χ1n) is 6.41. The van der Waals surface area contributed by atoms with Crippen molar-refractivity contribution in [3.63, 3.8) is 0 Å². The SMILES string of the molecule is O=C(O)c1ccnc(N2CCCC3(C2)OCCO3)c1. The second-order valence-electron chi connectivity index (χ2n) is 4.84. The van der Waals surface area contributed by atoms with Crippen LogP contribution in [0.15, 0.2) is 18.3 Å². The Labute approximate surface area is 111 Å². The molecule has 0 unspecified atom stereocenters. The summed E-state index contributed by atoms with van der Waals surface area (Å²) in [6.07, 6.45) is 3.34. The first-order valence-corrected chi connectivity index (χ1v) is 6.41. The molecule has 1 aromatic heterocycles. The Hall–Kier alpha value is -1.66. The lowest BCUT2D eigenvalue weighted by atomic mass is 10.0. The van der Waals surface area contributed by atoms with Crippen molar-refractivity contribution >= 4 is 11.8 Å². The second kappa shape index (κ2) is 4.79. The van der Waals surface area contributed by atoms with Crippen molar-refractivity contribution in [2.75, 3.05) is 31.2 Å². The second-order valence-corrected chi connectivity index (χ2v) is 4.84. The lowest BCUT2D eigenvalue weighted by molar-refractivity contribution is -0.161. The zero-order valence-electron chi connectivity index (χ0n) is 10.5. The van der Waals surface area contributed by atoms with E-state index in [-0.39, 0.29) is 5.56 Å². The van der Waals surface area contributed by atoms with Crippen molar-refractivity contribution in [3.8, 4) is 0 Å². The molecule has 19 heavy (non-hydrogen) atoms. The largest absolute Gasteiger partial charge is 0.478 e. The maximum atomic E-state index is 11.0. The number of hydrogen-bond donors (Lipinski definition) is 1. The van der Waals surface area contributed by atoms with Crippen LogP contribution in [0.1, 0.15) is 23.2 Å². The summed E-state index contributed by atoms with van der Waals surface area (Å²) in [4.78, 5) is 17.3. The van der Waals surface area contributed by atoms with Crippen molar-refractivity contribution in [2.45, 2.75) is 18.6 Å². The minimum Gasteiger partial charge on any atom is -0.478 e. The van der Waals surface area contributed by atoms with Gasteiger partial charge < -0.3 is 19.5 Å². The number of pyridine rings is 1. The highest BCUT2D eigenvalue weighted by atomic mass is 16.7. The molecule has 0 radical (unpaired) electrons. The number of carboxylic acids is 1. The normalized spacial score (nSPS) is 21.8. The predicted molar refractivity (Wildman–Crippen MR) is 67.3 cm³/mol. The zero-order valence-corrected chi connectivity index (χ0v) is 10.5. The summed E-state index contributed by atoms with van der Waals surface area (Å²) in [6.45, 7) is 2.68. The highest BCUT2D eigenvalue weighted by molar-refractivity contribution is 5.88. The van der Waals surface area contributed by atoms with Crippen molar-refractivity contribution in [1.82, 2.24) is 4.98 Å². The van der Waals surface area contributed by atoms with Crippen molar-refractivity contribution in [2.24, 2.45) is 0 Å². The Kier molecular flexibility index (Phi) is 3.12. The van der Waals surface area contributed by atoms with Gasteiger partial charge >= 0.3 is 5.97 Å². The van der Waals surface area contributed by atoms with Gasteiger partial charge in [-0.3, -0.25) is 0 Å². The Morgan fingerprint density at radius 3 is 2.95 bits per heavy atom. The molecule has 0 atom stereocenters.